The molecule has 2 rings (SSSR count). The average Bonchev–Trinajstić information content (AvgIpc) is 2.51. The van der Waals surface area contributed by atoms with Crippen LogP contribution in [0.5, 0.6) is 5.75 Å². The van der Waals surface area contributed by atoms with Gasteiger partial charge < -0.3 is 4.74 Å². The van der Waals surface area contributed by atoms with Gasteiger partial charge in [-0.2, -0.15) is 5.26 Å². The number of nitrogens with zero attached hydrogens (tertiary/aromatic N) is 1. The third-order valence-corrected chi connectivity index (χ3v) is 4.15. The number of aryl methyl sites for hydroxylation is 1. The Morgan fingerprint density at radius 2 is 2.05 bits per heavy atom. The number of rotatable bonds is 4. The monoisotopic (exact) mass is 343 g/mol. The summed E-state index contributed by atoms with van der Waals surface area (Å²) in [6, 6.07) is 14.5. The highest BCUT2D eigenvalue weighted by molar-refractivity contribution is 9.10. The highest BCUT2D eigenvalue weighted by atomic mass is 79.9. The summed E-state index contributed by atoms with van der Waals surface area (Å²) < 4.78 is 6.08. The maximum atomic E-state index is 12.6. The van der Waals surface area contributed by atoms with Crippen LogP contribution in [-0.2, 0) is 0 Å². The SMILES string of the molecule is COc1cccc(C(C#N)C(=O)c2ccc(Br)c(C)c2)c1. The lowest BCUT2D eigenvalue weighted by molar-refractivity contribution is 0.0978. The number of methoxy groups -OCH3 is 1. The molecule has 0 aliphatic rings. The van der Waals surface area contributed by atoms with Crippen molar-refractivity contribution in [3.05, 3.63) is 63.6 Å². The third-order valence-electron chi connectivity index (χ3n) is 3.26. The van der Waals surface area contributed by atoms with E-state index < -0.39 is 5.92 Å². The van der Waals surface area contributed by atoms with Crippen molar-refractivity contribution in [2.75, 3.05) is 7.11 Å². The van der Waals surface area contributed by atoms with E-state index in [0.29, 0.717) is 16.9 Å². The summed E-state index contributed by atoms with van der Waals surface area (Å²) in [6.07, 6.45) is 0. The van der Waals surface area contributed by atoms with Gasteiger partial charge in [0.15, 0.2) is 5.78 Å². The Labute approximate surface area is 132 Å². The maximum absolute atomic E-state index is 12.6. The van der Waals surface area contributed by atoms with E-state index in [1.54, 1.807) is 43.5 Å². The topological polar surface area (TPSA) is 50.1 Å². The van der Waals surface area contributed by atoms with Gasteiger partial charge in [-0.05, 0) is 42.3 Å². The number of hydrogen-bond acceptors (Lipinski definition) is 3. The van der Waals surface area contributed by atoms with Crippen molar-refractivity contribution in [2.24, 2.45) is 0 Å². The van der Waals surface area contributed by atoms with Gasteiger partial charge in [0.05, 0.1) is 13.2 Å². The fraction of sp³-hybridized carbons (Fsp3) is 0.176. The van der Waals surface area contributed by atoms with Crippen molar-refractivity contribution in [3.8, 4) is 11.8 Å². The van der Waals surface area contributed by atoms with Crippen molar-refractivity contribution in [2.45, 2.75) is 12.8 Å². The van der Waals surface area contributed by atoms with Crippen LogP contribution in [-0.4, -0.2) is 12.9 Å². The maximum Gasteiger partial charge on any atom is 0.184 e. The van der Waals surface area contributed by atoms with E-state index in [2.05, 4.69) is 22.0 Å². The molecule has 0 bridgehead atoms. The average molecular weight is 344 g/mol. The first-order valence-electron chi connectivity index (χ1n) is 6.40. The number of carbonyl (C=O) groups is 1. The van der Waals surface area contributed by atoms with Gasteiger partial charge in [-0.1, -0.05) is 34.1 Å². The van der Waals surface area contributed by atoms with Crippen LogP contribution in [0.15, 0.2) is 46.9 Å². The molecule has 1 atom stereocenters. The Hall–Kier alpha value is -2.12. The van der Waals surface area contributed by atoms with Crippen molar-refractivity contribution < 1.29 is 9.53 Å². The Kier molecular flexibility index (Phi) is 4.77. The first kappa shape index (κ1) is 15.3. The normalized spacial score (nSPS) is 11.5. The van der Waals surface area contributed by atoms with Crippen LogP contribution in [0.4, 0.5) is 0 Å². The van der Waals surface area contributed by atoms with E-state index in [1.165, 1.54) is 0 Å². The molecule has 2 aromatic carbocycles. The van der Waals surface area contributed by atoms with Gasteiger partial charge in [0, 0.05) is 10.0 Å². The minimum Gasteiger partial charge on any atom is -0.497 e. The summed E-state index contributed by atoms with van der Waals surface area (Å²) in [7, 11) is 1.56. The zero-order valence-electron chi connectivity index (χ0n) is 11.8. The van der Waals surface area contributed by atoms with Crippen LogP contribution in [0.2, 0.25) is 0 Å². The lowest BCUT2D eigenvalue weighted by atomic mass is 9.91. The Morgan fingerprint density at radius 1 is 1.29 bits per heavy atom. The minimum absolute atomic E-state index is 0.207. The molecule has 0 saturated heterocycles. The van der Waals surface area contributed by atoms with Crippen LogP contribution in [0, 0.1) is 18.3 Å². The van der Waals surface area contributed by atoms with E-state index in [1.807, 2.05) is 13.0 Å². The second-order valence-electron chi connectivity index (χ2n) is 4.67. The fourth-order valence-electron chi connectivity index (χ4n) is 2.07. The van der Waals surface area contributed by atoms with E-state index in [-0.39, 0.29) is 5.78 Å². The van der Waals surface area contributed by atoms with Crippen LogP contribution in [0.25, 0.3) is 0 Å². The van der Waals surface area contributed by atoms with Gasteiger partial charge in [0.2, 0.25) is 0 Å². The first-order chi connectivity index (χ1) is 10.1. The zero-order chi connectivity index (χ0) is 15.4. The van der Waals surface area contributed by atoms with Gasteiger partial charge in [0.1, 0.15) is 11.7 Å². The van der Waals surface area contributed by atoms with Gasteiger partial charge in [-0.15, -0.1) is 0 Å². The van der Waals surface area contributed by atoms with Gasteiger partial charge in [-0.25, -0.2) is 0 Å². The Morgan fingerprint density at radius 3 is 2.67 bits per heavy atom. The molecule has 0 fully saturated rings. The lowest BCUT2D eigenvalue weighted by Crippen LogP contribution is -2.11. The van der Waals surface area contributed by atoms with E-state index >= 15 is 0 Å². The molecule has 1 unspecified atom stereocenters. The van der Waals surface area contributed by atoms with Crippen molar-refractivity contribution in [1.29, 1.82) is 5.26 Å². The first-order valence-corrected chi connectivity index (χ1v) is 7.20. The molecule has 0 spiro atoms. The van der Waals surface area contributed by atoms with Crippen molar-refractivity contribution in [3.63, 3.8) is 0 Å². The fourth-order valence-corrected chi connectivity index (χ4v) is 2.32. The smallest absolute Gasteiger partial charge is 0.184 e. The van der Waals surface area contributed by atoms with Crippen LogP contribution < -0.4 is 4.74 Å². The summed E-state index contributed by atoms with van der Waals surface area (Å²) in [5, 5.41) is 9.38. The molecule has 3 nitrogen and oxygen atoms in total. The molecule has 0 aliphatic carbocycles. The Balaban J connectivity index is 2.38. The van der Waals surface area contributed by atoms with Gasteiger partial charge in [-0.3, -0.25) is 4.79 Å². The Bertz CT molecular complexity index is 719. The molecule has 0 heterocycles. The molecule has 21 heavy (non-hydrogen) atoms. The van der Waals surface area contributed by atoms with E-state index in [0.717, 1.165) is 10.0 Å². The number of Topliss-reactive ketones (excluding diaryl/α,β-unsaturated/α-hetero) is 1. The number of hydrogen-bond donors (Lipinski definition) is 0. The molecule has 4 heteroatoms. The quantitative estimate of drug-likeness (QED) is 0.779. The van der Waals surface area contributed by atoms with Gasteiger partial charge in [0.25, 0.3) is 0 Å². The van der Waals surface area contributed by atoms with Crippen molar-refractivity contribution >= 4 is 21.7 Å². The summed E-state index contributed by atoms with van der Waals surface area (Å²) in [5.74, 6) is -0.408. The summed E-state index contributed by atoms with van der Waals surface area (Å²) >= 11 is 3.40. The molecule has 0 aromatic heterocycles. The van der Waals surface area contributed by atoms with Crippen LogP contribution >= 0.6 is 15.9 Å². The number of carbonyl (C=O) groups excluding carboxylic acids is 1. The molecule has 2 aromatic rings. The van der Waals surface area contributed by atoms with Gasteiger partial charge >= 0.3 is 0 Å². The van der Waals surface area contributed by atoms with E-state index in [4.69, 9.17) is 4.74 Å². The molecule has 0 saturated carbocycles. The highest BCUT2D eigenvalue weighted by Crippen LogP contribution is 2.26. The standard InChI is InChI=1S/C17H14BrNO2/c1-11-8-13(6-7-16(11)18)17(20)15(10-19)12-4-3-5-14(9-12)21-2/h3-9,15H,1-2H3. The van der Waals surface area contributed by atoms with Crippen molar-refractivity contribution in [1.82, 2.24) is 0 Å². The summed E-state index contributed by atoms with van der Waals surface area (Å²) in [5.41, 5.74) is 2.13. The second-order valence-corrected chi connectivity index (χ2v) is 5.52. The predicted molar refractivity (Wildman–Crippen MR) is 84.6 cm³/mol. The third kappa shape index (κ3) is 3.32. The molecular formula is C17H14BrNO2. The highest BCUT2D eigenvalue weighted by Gasteiger charge is 2.22. The van der Waals surface area contributed by atoms with E-state index in [9.17, 15) is 10.1 Å². The minimum atomic E-state index is -0.833. The lowest BCUT2D eigenvalue weighted by Gasteiger charge is -2.11. The molecule has 0 aliphatic heterocycles. The number of benzene rings is 2. The number of halogens is 1. The number of ether oxygens (including phenoxy) is 1. The number of ketones is 1. The van der Waals surface area contributed by atoms with Crippen LogP contribution in [0.3, 0.4) is 0 Å². The molecule has 0 N–H and O–H groups in total. The predicted octanol–water partition coefficient (Wildman–Crippen LogP) is 4.26. The summed E-state index contributed by atoms with van der Waals surface area (Å²) in [4.78, 5) is 12.6. The second kappa shape index (κ2) is 6.55. The molecular weight excluding hydrogens is 330 g/mol. The largest absolute Gasteiger partial charge is 0.497 e. The summed E-state index contributed by atoms with van der Waals surface area (Å²) in [6.45, 7) is 1.91. The molecule has 106 valence electrons. The molecule has 0 amide bonds. The zero-order valence-corrected chi connectivity index (χ0v) is 13.3. The number of nitriles is 1. The van der Waals surface area contributed by atoms with Crippen LogP contribution in [0.1, 0.15) is 27.4 Å². The molecule has 0 radical (unpaired) electrons.